The van der Waals surface area contributed by atoms with Crippen molar-refractivity contribution in [3.63, 3.8) is 0 Å². The van der Waals surface area contributed by atoms with E-state index in [1.807, 2.05) is 6.92 Å². The van der Waals surface area contributed by atoms with Gasteiger partial charge in [-0.3, -0.25) is 4.79 Å². The summed E-state index contributed by atoms with van der Waals surface area (Å²) in [6.45, 7) is 14.3. The summed E-state index contributed by atoms with van der Waals surface area (Å²) in [7, 11) is 0. The second-order valence-electron chi connectivity index (χ2n) is 22.6. The van der Waals surface area contributed by atoms with Crippen LogP contribution in [-0.2, 0) is 38.0 Å². The molecule has 4 saturated carbocycles. The Labute approximate surface area is 385 Å². The van der Waals surface area contributed by atoms with Crippen molar-refractivity contribution in [2.45, 2.75) is 198 Å². The van der Waals surface area contributed by atoms with Gasteiger partial charge < -0.3 is 84.6 Å². The zero-order valence-corrected chi connectivity index (χ0v) is 39.0. The Morgan fingerprint density at radius 2 is 1.39 bits per heavy atom. The van der Waals surface area contributed by atoms with Crippen LogP contribution in [0, 0.1) is 56.7 Å². The number of carbonyl (C=O) groups excluding carboxylic acids is 1. The molecule has 0 radical (unpaired) electrons. The lowest BCUT2D eigenvalue weighted by Gasteiger charge is -2.71. The van der Waals surface area contributed by atoms with E-state index in [0.29, 0.717) is 32.1 Å². The summed E-state index contributed by atoms with van der Waals surface area (Å²) in [5.74, 6) is -2.58. The van der Waals surface area contributed by atoms with E-state index in [-0.39, 0.29) is 52.3 Å². The highest BCUT2D eigenvalue weighted by Crippen LogP contribution is 2.76. The van der Waals surface area contributed by atoms with Crippen LogP contribution in [-0.4, -0.2) is 180 Å². The smallest absolute Gasteiger partial charge is 0.335 e. The van der Waals surface area contributed by atoms with Gasteiger partial charge in [-0.15, -0.1) is 0 Å². The Balaban J connectivity index is 1.06. The molecule has 7 fully saturated rings. The van der Waals surface area contributed by atoms with Gasteiger partial charge in [-0.1, -0.05) is 60.1 Å². The maximum Gasteiger partial charge on any atom is 0.335 e. The van der Waals surface area contributed by atoms with Crippen LogP contribution in [0.25, 0.3) is 0 Å². The number of rotatable bonds is 8. The standard InChI is InChI=1S/C47H74O19/c1-19-20(2)28-21-8-9-26-44(5)12-11-27(63-41-37(33(55)32(54)36(64-41)38(58)59)65-39-34(56)29(51)23(50)18-61-39)43(3,4)25(44)10-13-46(26,7)45(21,6)14-15-47(28,16-22(19)49)42(60)66-40-35(57)31(53)30(52)24(17-48)62-40/h8,19-20,22-37,39-41,48-57H,9-18H2,1-7H3,(H,58,59)/t19-,20-,22-,23-,24+,25-,26+,27-,28-,29-,30+,31-,32-,33-,34+,35+,36-,37+,39+,40-,41+,44-,45+,46+,47+/m0/s1. The third kappa shape index (κ3) is 7.56. The van der Waals surface area contributed by atoms with E-state index in [4.69, 9.17) is 28.4 Å². The lowest BCUT2D eigenvalue weighted by molar-refractivity contribution is -0.366. The SMILES string of the molecule is C[C@H]1[C@H](C)[C@@H](O)C[C@]2(C(=O)O[C@@H]3O[C@H](CO)[C@@H](O)[C@H](O)[C@H]3O)CC[C@]3(C)C(=CC[C@@H]4[C@@]5(C)CC[C@H](O[C@@H]6O[C@H](C(=O)O)[C@@H](O)[C@H](O)[C@H]6O[C@H]6OC[C@H](O)[C@H](O)[C@H]6O)C(C)(C)[C@@H]5CC[C@]43C)[C@H]12. The van der Waals surface area contributed by atoms with Crippen LogP contribution in [0.5, 0.6) is 0 Å². The number of carboxylic acids is 1. The molecule has 0 aromatic carbocycles. The van der Waals surface area contributed by atoms with Crippen molar-refractivity contribution in [2.24, 2.45) is 56.7 Å². The zero-order chi connectivity index (χ0) is 48.4. The number of aliphatic hydroxyl groups is 10. The van der Waals surface area contributed by atoms with Gasteiger partial charge in [0.1, 0.15) is 61.0 Å². The van der Waals surface area contributed by atoms with E-state index in [1.165, 1.54) is 0 Å². The molecule has 66 heavy (non-hydrogen) atoms. The van der Waals surface area contributed by atoms with Gasteiger partial charge in [-0.05, 0) is 103 Å². The van der Waals surface area contributed by atoms with Crippen LogP contribution in [0.15, 0.2) is 11.6 Å². The maximum atomic E-state index is 14.7. The summed E-state index contributed by atoms with van der Waals surface area (Å²) in [5.41, 5.74) is -1.46. The molecule has 3 saturated heterocycles. The van der Waals surface area contributed by atoms with Crippen LogP contribution in [0.3, 0.4) is 0 Å². The molecule has 0 unspecified atom stereocenters. The van der Waals surface area contributed by atoms with Crippen molar-refractivity contribution in [1.29, 1.82) is 0 Å². The summed E-state index contributed by atoms with van der Waals surface area (Å²) < 4.78 is 35.4. The molecule has 25 atom stereocenters. The normalized spacial score (nSPS) is 54.7. The van der Waals surface area contributed by atoms with Gasteiger partial charge in [0, 0.05) is 0 Å². The minimum absolute atomic E-state index is 0.0780. The van der Waals surface area contributed by atoms with Gasteiger partial charge in [-0.2, -0.15) is 0 Å². The van der Waals surface area contributed by atoms with Crippen molar-refractivity contribution in [3.05, 3.63) is 11.6 Å². The fraction of sp³-hybridized carbons (Fsp3) is 0.915. The summed E-state index contributed by atoms with van der Waals surface area (Å²) in [6.07, 6.45) is -17.5. The number of aliphatic hydroxyl groups excluding tert-OH is 10. The van der Waals surface area contributed by atoms with E-state index in [9.17, 15) is 65.8 Å². The molecule has 0 aromatic rings. The minimum Gasteiger partial charge on any atom is -0.479 e. The first kappa shape index (κ1) is 50.5. The Morgan fingerprint density at radius 1 is 0.712 bits per heavy atom. The van der Waals surface area contributed by atoms with Gasteiger partial charge >= 0.3 is 11.9 Å². The molecular weight excluding hydrogens is 868 g/mol. The zero-order valence-electron chi connectivity index (χ0n) is 39.0. The van der Waals surface area contributed by atoms with Crippen LogP contribution in [0.4, 0.5) is 0 Å². The number of allylic oxidation sites excluding steroid dienone is 2. The fourth-order valence-electron chi connectivity index (χ4n) is 15.0. The van der Waals surface area contributed by atoms with E-state index < -0.39 is 134 Å². The van der Waals surface area contributed by atoms with Gasteiger partial charge in [0.05, 0.1) is 30.8 Å². The number of fused-ring (bicyclic) bond motifs is 7. The first-order valence-corrected chi connectivity index (χ1v) is 23.9. The number of carbonyl (C=O) groups is 2. The van der Waals surface area contributed by atoms with Gasteiger partial charge in [0.2, 0.25) is 6.29 Å². The molecule has 3 aliphatic heterocycles. The first-order valence-electron chi connectivity index (χ1n) is 23.9. The van der Waals surface area contributed by atoms with E-state index in [0.717, 1.165) is 18.4 Å². The second-order valence-corrected chi connectivity index (χ2v) is 22.6. The summed E-state index contributed by atoms with van der Waals surface area (Å²) in [6, 6.07) is 0. The van der Waals surface area contributed by atoms with E-state index in [1.54, 1.807) is 0 Å². The molecule has 5 aliphatic carbocycles. The predicted molar refractivity (Wildman–Crippen MR) is 226 cm³/mol. The van der Waals surface area contributed by atoms with Gasteiger partial charge in [0.25, 0.3) is 0 Å². The number of carboxylic acid groups (broad SMARTS) is 1. The van der Waals surface area contributed by atoms with Gasteiger partial charge in [-0.25, -0.2) is 4.79 Å². The summed E-state index contributed by atoms with van der Waals surface area (Å²) in [4.78, 5) is 27.0. The average molecular weight is 943 g/mol. The van der Waals surface area contributed by atoms with Crippen LogP contribution in [0.1, 0.15) is 99.8 Å². The van der Waals surface area contributed by atoms with Crippen molar-refractivity contribution in [3.8, 4) is 0 Å². The number of aliphatic carboxylic acids is 1. The summed E-state index contributed by atoms with van der Waals surface area (Å²) >= 11 is 0. The Bertz CT molecular complexity index is 1850. The van der Waals surface area contributed by atoms with E-state index >= 15 is 0 Å². The monoisotopic (exact) mass is 942 g/mol. The molecule has 0 amide bonds. The quantitative estimate of drug-likeness (QED) is 0.0846. The largest absolute Gasteiger partial charge is 0.479 e. The molecule has 3 heterocycles. The first-order chi connectivity index (χ1) is 30.8. The highest BCUT2D eigenvalue weighted by Gasteiger charge is 2.71. The lowest BCUT2D eigenvalue weighted by atomic mass is 9.33. The molecule has 19 nitrogen and oxygen atoms in total. The Kier molecular flexibility index (Phi) is 13.6. The van der Waals surface area contributed by atoms with Crippen LogP contribution >= 0.6 is 0 Å². The molecule has 376 valence electrons. The molecule has 0 aromatic heterocycles. The highest BCUT2D eigenvalue weighted by atomic mass is 16.8. The topological polar surface area (TPSA) is 312 Å². The predicted octanol–water partition coefficient (Wildman–Crippen LogP) is -0.301. The second kappa shape index (κ2) is 17.7. The Hall–Kier alpha value is -1.92. The van der Waals surface area contributed by atoms with Crippen molar-refractivity contribution >= 4 is 11.9 Å². The number of ether oxygens (including phenoxy) is 6. The molecule has 19 heteroatoms. The van der Waals surface area contributed by atoms with E-state index in [2.05, 4.69) is 47.6 Å². The maximum absolute atomic E-state index is 14.7. The molecule has 0 spiro atoms. The van der Waals surface area contributed by atoms with Crippen molar-refractivity contribution in [1.82, 2.24) is 0 Å². The lowest BCUT2D eigenvalue weighted by Crippen LogP contribution is -2.67. The average Bonchev–Trinajstić information content (AvgIpc) is 3.26. The minimum atomic E-state index is -1.93. The van der Waals surface area contributed by atoms with Crippen molar-refractivity contribution in [2.75, 3.05) is 13.2 Å². The number of esters is 1. The van der Waals surface area contributed by atoms with Crippen LogP contribution < -0.4 is 0 Å². The molecule has 0 bridgehead atoms. The van der Waals surface area contributed by atoms with Gasteiger partial charge in [0.15, 0.2) is 18.7 Å². The van der Waals surface area contributed by atoms with Crippen molar-refractivity contribution < 1.29 is 94.2 Å². The van der Waals surface area contributed by atoms with Crippen LogP contribution in [0.2, 0.25) is 0 Å². The highest BCUT2D eigenvalue weighted by molar-refractivity contribution is 5.79. The third-order valence-corrected chi connectivity index (χ3v) is 19.3. The Morgan fingerprint density at radius 3 is 2.06 bits per heavy atom. The fourth-order valence-corrected chi connectivity index (χ4v) is 15.0. The number of hydrogen-bond donors (Lipinski definition) is 11. The third-order valence-electron chi connectivity index (χ3n) is 19.3. The number of hydrogen-bond acceptors (Lipinski definition) is 18. The molecular formula is C47H74O19. The molecule has 11 N–H and O–H groups in total. The molecule has 8 aliphatic rings. The molecule has 8 rings (SSSR count). The summed E-state index contributed by atoms with van der Waals surface area (Å²) in [5, 5.41) is 116.